The third kappa shape index (κ3) is 4.01. The van der Waals surface area contributed by atoms with Gasteiger partial charge in [0.05, 0.1) is 19.3 Å². The van der Waals surface area contributed by atoms with Gasteiger partial charge in [-0.25, -0.2) is 4.98 Å². The van der Waals surface area contributed by atoms with Crippen molar-refractivity contribution in [1.29, 1.82) is 0 Å². The van der Waals surface area contributed by atoms with E-state index in [-0.39, 0.29) is 0 Å². The van der Waals surface area contributed by atoms with Crippen LogP contribution in [0.2, 0.25) is 0 Å². The highest BCUT2D eigenvalue weighted by molar-refractivity contribution is 5.13. The number of aromatic nitrogens is 2. The van der Waals surface area contributed by atoms with Crippen molar-refractivity contribution in [3.8, 4) is 0 Å². The van der Waals surface area contributed by atoms with Crippen LogP contribution in [-0.4, -0.2) is 27.8 Å². The van der Waals surface area contributed by atoms with Crippen LogP contribution in [-0.2, 0) is 17.8 Å². The highest BCUT2D eigenvalue weighted by Gasteiger charge is 2.07. The molecule has 0 radical (unpaired) electrons. The van der Waals surface area contributed by atoms with Crippen LogP contribution in [0, 0.1) is 0 Å². The first kappa shape index (κ1) is 11.8. The van der Waals surface area contributed by atoms with E-state index in [1.807, 2.05) is 30.3 Å². The van der Waals surface area contributed by atoms with Crippen molar-refractivity contribution in [1.82, 2.24) is 9.97 Å². The lowest BCUT2D eigenvalue weighted by molar-refractivity contribution is 0.0280. The summed E-state index contributed by atoms with van der Waals surface area (Å²) in [6, 6.07) is 9.91. The Morgan fingerprint density at radius 2 is 2.12 bits per heavy atom. The van der Waals surface area contributed by atoms with Gasteiger partial charge in [-0.2, -0.15) is 0 Å². The molecule has 4 heteroatoms. The van der Waals surface area contributed by atoms with Crippen LogP contribution in [0.25, 0.3) is 0 Å². The smallest absolute Gasteiger partial charge is 0.108 e. The summed E-state index contributed by atoms with van der Waals surface area (Å²) in [6.45, 7) is 0.839. The monoisotopic (exact) mass is 232 g/mol. The summed E-state index contributed by atoms with van der Waals surface area (Å²) < 4.78 is 5.44. The van der Waals surface area contributed by atoms with Crippen LogP contribution in [0.5, 0.6) is 0 Å². The van der Waals surface area contributed by atoms with Crippen LogP contribution in [0.1, 0.15) is 11.4 Å². The minimum Gasteiger partial charge on any atom is -0.390 e. The predicted octanol–water partition coefficient (Wildman–Crippen LogP) is 1.53. The number of H-pyrrole nitrogens is 1. The Labute approximate surface area is 100 Å². The van der Waals surface area contributed by atoms with E-state index < -0.39 is 6.10 Å². The van der Waals surface area contributed by atoms with Crippen molar-refractivity contribution >= 4 is 0 Å². The number of ether oxygens (including phenoxy) is 1. The Hall–Kier alpha value is -1.65. The molecule has 0 aliphatic heterocycles. The average molecular weight is 232 g/mol. The molecular weight excluding hydrogens is 216 g/mol. The molecular formula is C13H16N2O2. The summed E-state index contributed by atoms with van der Waals surface area (Å²) in [7, 11) is 0. The van der Waals surface area contributed by atoms with Gasteiger partial charge in [-0.1, -0.05) is 30.3 Å². The SMILES string of the molecule is O[C@@H](COCc1ccccc1)Cc1ncc[nH]1. The second kappa shape index (κ2) is 6.18. The number of benzene rings is 1. The van der Waals surface area contributed by atoms with Crippen LogP contribution < -0.4 is 0 Å². The Bertz CT molecular complexity index is 414. The number of aliphatic hydroxyl groups is 1. The minimum atomic E-state index is -0.523. The molecule has 1 atom stereocenters. The first-order chi connectivity index (χ1) is 8.34. The van der Waals surface area contributed by atoms with Crippen molar-refractivity contribution in [2.45, 2.75) is 19.1 Å². The molecule has 0 saturated carbocycles. The second-order valence-electron chi connectivity index (χ2n) is 3.89. The van der Waals surface area contributed by atoms with E-state index in [4.69, 9.17) is 4.74 Å². The van der Waals surface area contributed by atoms with Gasteiger partial charge in [0.1, 0.15) is 5.82 Å². The number of rotatable bonds is 6. The van der Waals surface area contributed by atoms with E-state index in [0.29, 0.717) is 19.6 Å². The van der Waals surface area contributed by atoms with Crippen molar-refractivity contribution in [3.63, 3.8) is 0 Å². The minimum absolute atomic E-state index is 0.315. The summed E-state index contributed by atoms with van der Waals surface area (Å²) in [5.74, 6) is 0.779. The molecule has 1 heterocycles. The van der Waals surface area contributed by atoms with Crippen LogP contribution in [0.15, 0.2) is 42.7 Å². The number of hydrogen-bond acceptors (Lipinski definition) is 3. The zero-order valence-electron chi connectivity index (χ0n) is 9.54. The Morgan fingerprint density at radius 3 is 2.82 bits per heavy atom. The van der Waals surface area contributed by atoms with Gasteiger partial charge in [0.15, 0.2) is 0 Å². The molecule has 0 aliphatic rings. The molecule has 0 aliphatic carbocycles. The van der Waals surface area contributed by atoms with Gasteiger partial charge in [0, 0.05) is 18.8 Å². The van der Waals surface area contributed by atoms with Crippen LogP contribution in [0.3, 0.4) is 0 Å². The number of hydrogen-bond donors (Lipinski definition) is 2. The molecule has 90 valence electrons. The predicted molar refractivity (Wildman–Crippen MR) is 64.4 cm³/mol. The van der Waals surface area contributed by atoms with Gasteiger partial charge in [-0.15, -0.1) is 0 Å². The molecule has 17 heavy (non-hydrogen) atoms. The van der Waals surface area contributed by atoms with E-state index in [9.17, 15) is 5.11 Å². The summed E-state index contributed by atoms with van der Waals surface area (Å²) in [5, 5.41) is 9.71. The van der Waals surface area contributed by atoms with Crippen molar-refractivity contribution in [2.24, 2.45) is 0 Å². The van der Waals surface area contributed by atoms with Crippen molar-refractivity contribution < 1.29 is 9.84 Å². The van der Waals surface area contributed by atoms with Gasteiger partial charge >= 0.3 is 0 Å². The number of aliphatic hydroxyl groups excluding tert-OH is 1. The molecule has 2 rings (SSSR count). The molecule has 0 amide bonds. The standard InChI is InChI=1S/C13H16N2O2/c16-12(8-13-14-6-7-15-13)10-17-9-11-4-2-1-3-5-11/h1-7,12,16H,8-10H2,(H,14,15)/t12-/m1/s1. The third-order valence-electron chi connectivity index (χ3n) is 2.41. The van der Waals surface area contributed by atoms with Crippen molar-refractivity contribution in [2.75, 3.05) is 6.61 Å². The average Bonchev–Trinajstić information content (AvgIpc) is 2.83. The zero-order chi connectivity index (χ0) is 11.9. The molecule has 0 spiro atoms. The fourth-order valence-corrected chi connectivity index (χ4v) is 1.58. The molecule has 0 bridgehead atoms. The normalized spacial score (nSPS) is 12.5. The number of aromatic amines is 1. The van der Waals surface area contributed by atoms with E-state index in [2.05, 4.69) is 9.97 Å². The summed E-state index contributed by atoms with van der Waals surface area (Å²) >= 11 is 0. The van der Waals surface area contributed by atoms with Crippen LogP contribution in [0.4, 0.5) is 0 Å². The number of nitrogens with one attached hydrogen (secondary N) is 1. The van der Waals surface area contributed by atoms with Gasteiger partial charge in [-0.05, 0) is 5.56 Å². The van der Waals surface area contributed by atoms with Gasteiger partial charge in [0.2, 0.25) is 0 Å². The first-order valence-corrected chi connectivity index (χ1v) is 5.62. The fraction of sp³-hybridized carbons (Fsp3) is 0.308. The maximum absolute atomic E-state index is 9.71. The third-order valence-corrected chi connectivity index (χ3v) is 2.41. The molecule has 1 aromatic heterocycles. The number of nitrogens with zero attached hydrogens (tertiary/aromatic N) is 1. The highest BCUT2D eigenvalue weighted by atomic mass is 16.5. The maximum atomic E-state index is 9.71. The lowest BCUT2D eigenvalue weighted by Gasteiger charge is -2.09. The second-order valence-corrected chi connectivity index (χ2v) is 3.89. The first-order valence-electron chi connectivity index (χ1n) is 5.62. The quantitative estimate of drug-likeness (QED) is 0.794. The summed E-state index contributed by atoms with van der Waals surface area (Å²) in [6.07, 6.45) is 3.38. The Balaban J connectivity index is 1.68. The number of imidazole rings is 1. The lowest BCUT2D eigenvalue weighted by atomic mass is 10.2. The summed E-state index contributed by atoms with van der Waals surface area (Å²) in [5.41, 5.74) is 1.11. The highest BCUT2D eigenvalue weighted by Crippen LogP contribution is 2.02. The Kier molecular flexibility index (Phi) is 4.30. The van der Waals surface area contributed by atoms with E-state index >= 15 is 0 Å². The zero-order valence-corrected chi connectivity index (χ0v) is 9.54. The van der Waals surface area contributed by atoms with E-state index in [1.54, 1.807) is 12.4 Å². The molecule has 0 unspecified atom stereocenters. The molecule has 2 aromatic rings. The fourth-order valence-electron chi connectivity index (χ4n) is 1.58. The van der Waals surface area contributed by atoms with Gasteiger partial charge in [-0.3, -0.25) is 0 Å². The van der Waals surface area contributed by atoms with Crippen LogP contribution >= 0.6 is 0 Å². The van der Waals surface area contributed by atoms with Crippen molar-refractivity contribution in [3.05, 3.63) is 54.1 Å². The Morgan fingerprint density at radius 1 is 1.29 bits per heavy atom. The lowest BCUT2D eigenvalue weighted by Crippen LogP contribution is -2.18. The maximum Gasteiger partial charge on any atom is 0.108 e. The van der Waals surface area contributed by atoms with E-state index in [1.165, 1.54) is 0 Å². The summed E-state index contributed by atoms with van der Waals surface area (Å²) in [4.78, 5) is 7.00. The molecule has 0 saturated heterocycles. The molecule has 4 nitrogen and oxygen atoms in total. The van der Waals surface area contributed by atoms with Gasteiger partial charge < -0.3 is 14.8 Å². The van der Waals surface area contributed by atoms with E-state index in [0.717, 1.165) is 11.4 Å². The largest absolute Gasteiger partial charge is 0.390 e. The van der Waals surface area contributed by atoms with Gasteiger partial charge in [0.25, 0.3) is 0 Å². The molecule has 2 N–H and O–H groups in total. The molecule has 1 aromatic carbocycles. The molecule has 0 fully saturated rings. The topological polar surface area (TPSA) is 58.1 Å².